The minimum Gasteiger partial charge on any atom is -0.497 e. The van der Waals surface area contributed by atoms with Crippen molar-refractivity contribution in [2.24, 2.45) is 5.92 Å². The number of hydrogen-bond acceptors (Lipinski definition) is 4. The average molecular weight is 360 g/mol. The van der Waals surface area contributed by atoms with E-state index in [-0.39, 0.29) is 0 Å². The van der Waals surface area contributed by atoms with E-state index in [1.54, 1.807) is 12.7 Å². The summed E-state index contributed by atoms with van der Waals surface area (Å²) in [6, 6.07) is 14.4. The van der Waals surface area contributed by atoms with Crippen molar-refractivity contribution in [3.8, 4) is 28.6 Å². The van der Waals surface area contributed by atoms with E-state index >= 15 is 0 Å². The van der Waals surface area contributed by atoms with Crippen molar-refractivity contribution >= 4 is 0 Å². The molecule has 0 spiro atoms. The maximum absolute atomic E-state index is 5.50. The van der Waals surface area contributed by atoms with Gasteiger partial charge in [0.2, 0.25) is 5.82 Å². The molecule has 1 aromatic heterocycles. The lowest BCUT2D eigenvalue weighted by Gasteiger charge is -2.19. The molecule has 0 saturated heterocycles. The number of fused-ring (bicyclic) bond motifs is 1. The predicted molar refractivity (Wildman–Crippen MR) is 105 cm³/mol. The first-order chi connectivity index (χ1) is 13.3. The van der Waals surface area contributed by atoms with Gasteiger partial charge in [-0.1, -0.05) is 30.1 Å². The highest BCUT2D eigenvalue weighted by Gasteiger charge is 2.31. The Morgan fingerprint density at radius 2 is 1.74 bits per heavy atom. The van der Waals surface area contributed by atoms with E-state index in [2.05, 4.69) is 28.3 Å². The first kappa shape index (κ1) is 16.5. The van der Waals surface area contributed by atoms with Crippen molar-refractivity contribution in [1.29, 1.82) is 0 Å². The van der Waals surface area contributed by atoms with Crippen LogP contribution in [0.3, 0.4) is 0 Å². The minimum absolute atomic E-state index is 0.539. The highest BCUT2D eigenvalue weighted by atomic mass is 16.5. The summed E-state index contributed by atoms with van der Waals surface area (Å²) in [5.41, 5.74) is 4.98. The van der Waals surface area contributed by atoms with Gasteiger partial charge in [-0.15, -0.1) is 0 Å². The summed E-state index contributed by atoms with van der Waals surface area (Å²) in [5.74, 6) is 3.67. The summed E-state index contributed by atoms with van der Waals surface area (Å²) in [6.07, 6.45) is 8.10. The molecule has 4 nitrogen and oxygen atoms in total. The molecule has 0 aliphatic heterocycles. The molecule has 3 aromatic rings. The fourth-order valence-corrected chi connectivity index (χ4v) is 4.83. The van der Waals surface area contributed by atoms with Crippen molar-refractivity contribution in [3.05, 3.63) is 53.6 Å². The molecule has 1 heterocycles. The second kappa shape index (κ2) is 6.84. The number of aromatic nitrogens is 2. The van der Waals surface area contributed by atoms with Crippen molar-refractivity contribution in [2.75, 3.05) is 7.11 Å². The van der Waals surface area contributed by atoms with Gasteiger partial charge in [0.25, 0.3) is 5.89 Å². The van der Waals surface area contributed by atoms with Crippen LogP contribution in [0, 0.1) is 5.92 Å². The summed E-state index contributed by atoms with van der Waals surface area (Å²) in [4.78, 5) is 4.61. The Morgan fingerprint density at radius 3 is 2.52 bits per heavy atom. The van der Waals surface area contributed by atoms with E-state index in [0.717, 1.165) is 28.7 Å². The molecule has 1 saturated carbocycles. The lowest BCUT2D eigenvalue weighted by atomic mass is 9.86. The van der Waals surface area contributed by atoms with Crippen LogP contribution in [0.2, 0.25) is 0 Å². The minimum atomic E-state index is 0.539. The SMILES string of the molecule is COc1ccc(-c2nc(-c3ccc4c(c3)CCC4C3CCCC3)no2)cc1. The maximum atomic E-state index is 5.50. The molecule has 1 atom stereocenters. The molecule has 27 heavy (non-hydrogen) atoms. The van der Waals surface area contributed by atoms with Gasteiger partial charge in [-0.3, -0.25) is 0 Å². The Balaban J connectivity index is 1.40. The average Bonchev–Trinajstić information content (AvgIpc) is 3.47. The third-order valence-corrected chi connectivity index (χ3v) is 6.26. The predicted octanol–water partition coefficient (Wildman–Crippen LogP) is 5.63. The molecule has 5 rings (SSSR count). The van der Waals surface area contributed by atoms with Crippen LogP contribution in [0.4, 0.5) is 0 Å². The van der Waals surface area contributed by atoms with Gasteiger partial charge in [-0.05, 0) is 79.0 Å². The summed E-state index contributed by atoms with van der Waals surface area (Å²) in [5, 5.41) is 4.21. The number of methoxy groups -OCH3 is 1. The molecule has 2 aromatic carbocycles. The number of aryl methyl sites for hydroxylation is 1. The molecule has 4 heteroatoms. The molecule has 2 aliphatic carbocycles. The van der Waals surface area contributed by atoms with E-state index in [1.807, 2.05) is 24.3 Å². The van der Waals surface area contributed by atoms with E-state index in [9.17, 15) is 0 Å². The number of benzene rings is 2. The zero-order valence-corrected chi connectivity index (χ0v) is 15.6. The lowest BCUT2D eigenvalue weighted by molar-refractivity contribution is 0.414. The zero-order chi connectivity index (χ0) is 18.2. The maximum Gasteiger partial charge on any atom is 0.258 e. The van der Waals surface area contributed by atoms with E-state index in [1.165, 1.54) is 44.1 Å². The molecule has 138 valence electrons. The number of nitrogens with zero attached hydrogens (tertiary/aromatic N) is 2. The van der Waals surface area contributed by atoms with Crippen molar-refractivity contribution in [2.45, 2.75) is 44.4 Å². The first-order valence-corrected chi connectivity index (χ1v) is 9.93. The van der Waals surface area contributed by atoms with Crippen LogP contribution in [0.25, 0.3) is 22.8 Å². The molecule has 0 radical (unpaired) electrons. The van der Waals surface area contributed by atoms with Crippen molar-refractivity contribution in [1.82, 2.24) is 10.1 Å². The Labute approximate surface area is 159 Å². The molecule has 0 bridgehead atoms. The van der Waals surface area contributed by atoms with Crippen LogP contribution in [0.15, 0.2) is 47.0 Å². The molecule has 1 unspecified atom stereocenters. The van der Waals surface area contributed by atoms with Crippen molar-refractivity contribution < 1.29 is 9.26 Å². The van der Waals surface area contributed by atoms with Gasteiger partial charge in [0.1, 0.15) is 5.75 Å². The molecule has 0 amide bonds. The monoisotopic (exact) mass is 360 g/mol. The molecule has 0 N–H and O–H groups in total. The standard InChI is InChI=1S/C23H24N2O2/c1-26-19-10-6-16(7-11-19)23-24-22(25-27-23)18-9-13-21-17(14-18)8-12-20(21)15-4-2-3-5-15/h6-7,9-11,13-15,20H,2-5,8,12H2,1H3. The van der Waals surface area contributed by atoms with E-state index in [4.69, 9.17) is 9.26 Å². The second-order valence-electron chi connectivity index (χ2n) is 7.75. The van der Waals surface area contributed by atoms with Gasteiger partial charge in [-0.2, -0.15) is 4.98 Å². The van der Waals surface area contributed by atoms with Crippen LogP contribution in [-0.2, 0) is 6.42 Å². The molecule has 2 aliphatic rings. The summed E-state index contributed by atoms with van der Waals surface area (Å²) < 4.78 is 10.7. The summed E-state index contributed by atoms with van der Waals surface area (Å²) in [7, 11) is 1.66. The van der Waals surface area contributed by atoms with E-state index < -0.39 is 0 Å². The normalized spacial score (nSPS) is 19.4. The van der Waals surface area contributed by atoms with Gasteiger partial charge >= 0.3 is 0 Å². The van der Waals surface area contributed by atoms with Gasteiger partial charge < -0.3 is 9.26 Å². The number of ether oxygens (including phenoxy) is 1. The Morgan fingerprint density at radius 1 is 0.963 bits per heavy atom. The molecular weight excluding hydrogens is 336 g/mol. The molecule has 1 fully saturated rings. The van der Waals surface area contributed by atoms with Gasteiger partial charge in [0.05, 0.1) is 7.11 Å². The van der Waals surface area contributed by atoms with E-state index in [0.29, 0.717) is 11.7 Å². The zero-order valence-electron chi connectivity index (χ0n) is 15.6. The Bertz CT molecular complexity index is 939. The Hall–Kier alpha value is -2.62. The van der Waals surface area contributed by atoms with Crippen LogP contribution in [0.5, 0.6) is 5.75 Å². The first-order valence-electron chi connectivity index (χ1n) is 9.93. The number of hydrogen-bond donors (Lipinski definition) is 0. The van der Waals surface area contributed by atoms with Crippen LogP contribution >= 0.6 is 0 Å². The largest absolute Gasteiger partial charge is 0.497 e. The third kappa shape index (κ3) is 3.03. The van der Waals surface area contributed by atoms with Crippen LogP contribution in [0.1, 0.15) is 49.1 Å². The number of rotatable bonds is 4. The second-order valence-corrected chi connectivity index (χ2v) is 7.75. The fraction of sp³-hybridized carbons (Fsp3) is 0.391. The van der Waals surface area contributed by atoms with Crippen molar-refractivity contribution in [3.63, 3.8) is 0 Å². The van der Waals surface area contributed by atoms with Crippen LogP contribution in [-0.4, -0.2) is 17.3 Å². The Kier molecular flexibility index (Phi) is 4.19. The quantitative estimate of drug-likeness (QED) is 0.605. The smallest absolute Gasteiger partial charge is 0.258 e. The van der Waals surface area contributed by atoms with Gasteiger partial charge in [0, 0.05) is 11.1 Å². The topological polar surface area (TPSA) is 48.2 Å². The van der Waals surface area contributed by atoms with Crippen LogP contribution < -0.4 is 4.74 Å². The molecular formula is C23H24N2O2. The summed E-state index contributed by atoms with van der Waals surface area (Å²) in [6.45, 7) is 0. The van der Waals surface area contributed by atoms with Gasteiger partial charge in [0.15, 0.2) is 0 Å². The summed E-state index contributed by atoms with van der Waals surface area (Å²) >= 11 is 0. The highest BCUT2D eigenvalue weighted by molar-refractivity contribution is 5.62. The lowest BCUT2D eigenvalue weighted by Crippen LogP contribution is -2.06. The fourth-order valence-electron chi connectivity index (χ4n) is 4.83. The highest BCUT2D eigenvalue weighted by Crippen LogP contribution is 2.45. The third-order valence-electron chi connectivity index (χ3n) is 6.26. The van der Waals surface area contributed by atoms with Gasteiger partial charge in [-0.25, -0.2) is 0 Å².